The highest BCUT2D eigenvalue weighted by Gasteiger charge is 2.51. The van der Waals surface area contributed by atoms with E-state index in [2.05, 4.69) is 10.6 Å². The Morgan fingerprint density at radius 1 is 1.09 bits per heavy atom. The summed E-state index contributed by atoms with van der Waals surface area (Å²) in [6, 6.07) is 5.02. The van der Waals surface area contributed by atoms with Crippen molar-refractivity contribution in [3.63, 3.8) is 0 Å². The van der Waals surface area contributed by atoms with E-state index in [1.54, 1.807) is 32.4 Å². The second kappa shape index (κ2) is 6.08. The summed E-state index contributed by atoms with van der Waals surface area (Å²) in [4.78, 5) is 26.3. The van der Waals surface area contributed by atoms with Gasteiger partial charge in [0.05, 0.1) is 20.8 Å². The number of carbonyl (C=O) groups is 2. The number of nitrogens with zero attached hydrogens (tertiary/aromatic N) is 1. The summed E-state index contributed by atoms with van der Waals surface area (Å²) < 4.78 is 10.5. The van der Waals surface area contributed by atoms with E-state index >= 15 is 0 Å². The number of urea groups is 1. The first kappa shape index (κ1) is 15.6. The SMILES string of the molecule is COc1cc(CN2C(=O)NC3(CCNCC3)C2=O)cc(OC)c1. The molecular formula is C16H21N3O4. The van der Waals surface area contributed by atoms with Gasteiger partial charge in [0, 0.05) is 6.07 Å². The van der Waals surface area contributed by atoms with Crippen molar-refractivity contribution in [2.75, 3.05) is 27.3 Å². The third kappa shape index (κ3) is 2.84. The first-order valence-electron chi connectivity index (χ1n) is 7.65. The fraction of sp³-hybridized carbons (Fsp3) is 0.500. The van der Waals surface area contributed by atoms with Gasteiger partial charge >= 0.3 is 6.03 Å². The number of ether oxygens (including phenoxy) is 2. The van der Waals surface area contributed by atoms with Gasteiger partial charge in [-0.05, 0) is 43.6 Å². The van der Waals surface area contributed by atoms with E-state index in [9.17, 15) is 9.59 Å². The zero-order valence-corrected chi connectivity index (χ0v) is 13.3. The fourth-order valence-corrected chi connectivity index (χ4v) is 3.15. The second-order valence-corrected chi connectivity index (χ2v) is 5.87. The number of nitrogens with one attached hydrogen (secondary N) is 2. The highest BCUT2D eigenvalue weighted by molar-refractivity contribution is 6.07. The molecule has 2 saturated heterocycles. The van der Waals surface area contributed by atoms with Crippen LogP contribution in [0.5, 0.6) is 11.5 Å². The maximum atomic E-state index is 12.8. The summed E-state index contributed by atoms with van der Waals surface area (Å²) in [7, 11) is 3.13. The molecule has 23 heavy (non-hydrogen) atoms. The molecule has 0 atom stereocenters. The van der Waals surface area contributed by atoms with Crippen LogP contribution < -0.4 is 20.1 Å². The Kier molecular flexibility index (Phi) is 4.12. The molecule has 1 spiro atoms. The van der Waals surface area contributed by atoms with Gasteiger partial charge < -0.3 is 20.1 Å². The Labute approximate surface area is 134 Å². The van der Waals surface area contributed by atoms with Crippen molar-refractivity contribution in [2.45, 2.75) is 24.9 Å². The van der Waals surface area contributed by atoms with Crippen molar-refractivity contribution >= 4 is 11.9 Å². The molecular weight excluding hydrogens is 298 g/mol. The van der Waals surface area contributed by atoms with Crippen LogP contribution in [0.4, 0.5) is 4.79 Å². The molecule has 1 aromatic carbocycles. The molecule has 7 heteroatoms. The lowest BCUT2D eigenvalue weighted by atomic mass is 9.88. The third-order valence-electron chi connectivity index (χ3n) is 4.45. The fourth-order valence-electron chi connectivity index (χ4n) is 3.15. The molecule has 0 saturated carbocycles. The van der Waals surface area contributed by atoms with Crippen LogP contribution in [-0.4, -0.2) is 49.7 Å². The molecule has 0 aromatic heterocycles. The van der Waals surface area contributed by atoms with Crippen molar-refractivity contribution in [3.05, 3.63) is 23.8 Å². The smallest absolute Gasteiger partial charge is 0.325 e. The van der Waals surface area contributed by atoms with Crippen LogP contribution >= 0.6 is 0 Å². The zero-order chi connectivity index (χ0) is 16.4. The lowest BCUT2D eigenvalue weighted by molar-refractivity contribution is -0.132. The van der Waals surface area contributed by atoms with E-state index in [-0.39, 0.29) is 18.5 Å². The molecule has 3 amide bonds. The topological polar surface area (TPSA) is 79.9 Å². The number of rotatable bonds is 4. The number of methoxy groups -OCH3 is 2. The maximum absolute atomic E-state index is 12.8. The molecule has 0 radical (unpaired) electrons. The monoisotopic (exact) mass is 319 g/mol. The lowest BCUT2D eigenvalue weighted by Crippen LogP contribution is -2.53. The molecule has 2 heterocycles. The summed E-state index contributed by atoms with van der Waals surface area (Å²) in [5, 5.41) is 6.09. The van der Waals surface area contributed by atoms with Gasteiger partial charge in [0.2, 0.25) is 0 Å². The van der Waals surface area contributed by atoms with Crippen LogP contribution in [0.2, 0.25) is 0 Å². The molecule has 0 bridgehead atoms. The van der Waals surface area contributed by atoms with Gasteiger partial charge in [-0.25, -0.2) is 4.79 Å². The van der Waals surface area contributed by atoms with Gasteiger partial charge in [-0.3, -0.25) is 9.69 Å². The van der Waals surface area contributed by atoms with Crippen molar-refractivity contribution in [1.29, 1.82) is 0 Å². The van der Waals surface area contributed by atoms with E-state index in [1.807, 2.05) is 0 Å². The standard InChI is InChI=1S/C16H21N3O4/c1-22-12-7-11(8-13(9-12)23-2)10-19-14(20)16(18-15(19)21)3-5-17-6-4-16/h7-9,17H,3-6,10H2,1-2H3,(H,18,21). The number of carbonyl (C=O) groups excluding carboxylic acids is 2. The van der Waals surface area contributed by atoms with Crippen molar-refractivity contribution in [2.24, 2.45) is 0 Å². The average Bonchev–Trinajstić information content (AvgIpc) is 2.79. The minimum atomic E-state index is -0.745. The van der Waals surface area contributed by atoms with Gasteiger partial charge in [0.25, 0.3) is 5.91 Å². The molecule has 2 fully saturated rings. The average molecular weight is 319 g/mol. The van der Waals surface area contributed by atoms with Crippen LogP contribution in [0.3, 0.4) is 0 Å². The van der Waals surface area contributed by atoms with Crippen LogP contribution in [0.25, 0.3) is 0 Å². The third-order valence-corrected chi connectivity index (χ3v) is 4.45. The minimum absolute atomic E-state index is 0.147. The van der Waals surface area contributed by atoms with E-state index < -0.39 is 5.54 Å². The quantitative estimate of drug-likeness (QED) is 0.805. The van der Waals surface area contributed by atoms with E-state index in [0.29, 0.717) is 24.3 Å². The molecule has 2 N–H and O–H groups in total. The largest absolute Gasteiger partial charge is 0.497 e. The number of hydrogen-bond acceptors (Lipinski definition) is 5. The summed E-state index contributed by atoms with van der Waals surface area (Å²) in [5.74, 6) is 1.11. The minimum Gasteiger partial charge on any atom is -0.497 e. The summed E-state index contributed by atoms with van der Waals surface area (Å²) >= 11 is 0. The van der Waals surface area contributed by atoms with Crippen molar-refractivity contribution < 1.29 is 19.1 Å². The van der Waals surface area contributed by atoms with E-state index in [1.165, 1.54) is 4.90 Å². The van der Waals surface area contributed by atoms with Gasteiger partial charge in [0.1, 0.15) is 17.0 Å². The van der Waals surface area contributed by atoms with Gasteiger partial charge in [-0.15, -0.1) is 0 Å². The number of amides is 3. The Bertz CT molecular complexity index is 604. The van der Waals surface area contributed by atoms with Gasteiger partial charge in [-0.1, -0.05) is 0 Å². The summed E-state index contributed by atoms with van der Waals surface area (Å²) in [5.41, 5.74) is 0.0429. The first-order chi connectivity index (χ1) is 11.1. The molecule has 2 aliphatic heterocycles. The lowest BCUT2D eigenvalue weighted by Gasteiger charge is -2.31. The molecule has 124 valence electrons. The number of benzene rings is 1. The summed E-state index contributed by atoms with van der Waals surface area (Å²) in [6.07, 6.45) is 1.24. The van der Waals surface area contributed by atoms with E-state index in [4.69, 9.17) is 9.47 Å². The normalized spacial score (nSPS) is 19.8. The Hall–Kier alpha value is -2.28. The van der Waals surface area contributed by atoms with Crippen LogP contribution in [0, 0.1) is 0 Å². The molecule has 1 aromatic rings. The first-order valence-corrected chi connectivity index (χ1v) is 7.65. The molecule has 3 rings (SSSR count). The molecule has 2 aliphatic rings. The summed E-state index contributed by atoms with van der Waals surface area (Å²) in [6.45, 7) is 1.66. The Morgan fingerprint density at radius 3 is 2.26 bits per heavy atom. The Morgan fingerprint density at radius 2 is 1.70 bits per heavy atom. The van der Waals surface area contributed by atoms with Crippen molar-refractivity contribution in [1.82, 2.24) is 15.5 Å². The van der Waals surface area contributed by atoms with Crippen LogP contribution in [-0.2, 0) is 11.3 Å². The molecule has 0 aliphatic carbocycles. The van der Waals surface area contributed by atoms with Crippen LogP contribution in [0.1, 0.15) is 18.4 Å². The number of piperidine rings is 1. The predicted molar refractivity (Wildman–Crippen MR) is 83.5 cm³/mol. The molecule has 7 nitrogen and oxygen atoms in total. The highest BCUT2D eigenvalue weighted by atomic mass is 16.5. The molecule has 0 unspecified atom stereocenters. The highest BCUT2D eigenvalue weighted by Crippen LogP contribution is 2.29. The van der Waals surface area contributed by atoms with Gasteiger partial charge in [0.15, 0.2) is 0 Å². The van der Waals surface area contributed by atoms with E-state index in [0.717, 1.165) is 18.7 Å². The Balaban J connectivity index is 1.82. The van der Waals surface area contributed by atoms with Crippen LogP contribution in [0.15, 0.2) is 18.2 Å². The predicted octanol–water partition coefficient (Wildman–Crippen LogP) is 0.878. The van der Waals surface area contributed by atoms with Crippen molar-refractivity contribution in [3.8, 4) is 11.5 Å². The second-order valence-electron chi connectivity index (χ2n) is 5.87. The number of imide groups is 1. The number of hydrogen-bond donors (Lipinski definition) is 2. The van der Waals surface area contributed by atoms with Gasteiger partial charge in [-0.2, -0.15) is 0 Å². The maximum Gasteiger partial charge on any atom is 0.325 e. The zero-order valence-electron chi connectivity index (χ0n) is 13.3.